The SMILES string of the molecule is CC(=O)/C=C(\C)Nc1ncccc1O. The number of ketones is 1. The molecule has 0 aliphatic carbocycles. The van der Waals surface area contributed by atoms with Crippen LogP contribution in [0.1, 0.15) is 13.8 Å². The molecular formula is C10H12N2O2. The Balaban J connectivity index is 2.79. The summed E-state index contributed by atoms with van der Waals surface area (Å²) >= 11 is 0. The highest BCUT2D eigenvalue weighted by Crippen LogP contribution is 2.19. The van der Waals surface area contributed by atoms with Gasteiger partial charge in [-0.2, -0.15) is 0 Å². The van der Waals surface area contributed by atoms with Crippen molar-refractivity contribution in [3.8, 4) is 5.75 Å². The van der Waals surface area contributed by atoms with Crippen LogP contribution in [0.3, 0.4) is 0 Å². The maximum Gasteiger partial charge on any atom is 0.172 e. The summed E-state index contributed by atoms with van der Waals surface area (Å²) in [6.07, 6.45) is 3.00. The normalized spacial score (nSPS) is 11.1. The molecule has 0 saturated heterocycles. The minimum Gasteiger partial charge on any atom is -0.504 e. The summed E-state index contributed by atoms with van der Waals surface area (Å²) in [5, 5.41) is 12.2. The molecule has 0 unspecified atom stereocenters. The number of hydrogen-bond acceptors (Lipinski definition) is 4. The number of nitrogens with zero attached hydrogens (tertiary/aromatic N) is 1. The van der Waals surface area contributed by atoms with Gasteiger partial charge in [-0.15, -0.1) is 0 Å². The first-order valence-corrected chi connectivity index (χ1v) is 4.19. The molecular weight excluding hydrogens is 180 g/mol. The highest BCUT2D eigenvalue weighted by Gasteiger charge is 2.00. The number of carbonyl (C=O) groups is 1. The molecule has 4 nitrogen and oxygen atoms in total. The maximum absolute atomic E-state index is 10.7. The van der Waals surface area contributed by atoms with Crippen molar-refractivity contribution in [2.45, 2.75) is 13.8 Å². The second kappa shape index (κ2) is 4.41. The standard InChI is InChI=1S/C10H12N2O2/c1-7(6-8(2)13)12-10-9(14)4-3-5-11-10/h3-6,14H,1-2H3,(H,11,12)/b7-6+. The lowest BCUT2D eigenvalue weighted by molar-refractivity contribution is -0.112. The lowest BCUT2D eigenvalue weighted by atomic mass is 10.3. The second-order valence-electron chi connectivity index (χ2n) is 2.93. The molecule has 4 heteroatoms. The number of aromatic nitrogens is 1. The molecule has 1 aromatic heterocycles. The molecule has 1 heterocycles. The summed E-state index contributed by atoms with van der Waals surface area (Å²) in [6, 6.07) is 3.15. The molecule has 0 amide bonds. The zero-order valence-electron chi connectivity index (χ0n) is 8.11. The number of aromatic hydroxyl groups is 1. The average molecular weight is 192 g/mol. The van der Waals surface area contributed by atoms with Gasteiger partial charge in [-0.1, -0.05) is 0 Å². The molecule has 74 valence electrons. The fourth-order valence-corrected chi connectivity index (χ4v) is 1.02. The third-order valence-electron chi connectivity index (χ3n) is 1.52. The van der Waals surface area contributed by atoms with Crippen molar-refractivity contribution in [2.24, 2.45) is 0 Å². The summed E-state index contributed by atoms with van der Waals surface area (Å²) in [7, 11) is 0. The smallest absolute Gasteiger partial charge is 0.172 e. The first kappa shape index (κ1) is 10.2. The molecule has 0 radical (unpaired) electrons. The summed E-state index contributed by atoms with van der Waals surface area (Å²) in [6.45, 7) is 3.19. The fourth-order valence-electron chi connectivity index (χ4n) is 1.02. The Morgan fingerprint density at radius 3 is 2.86 bits per heavy atom. The average Bonchev–Trinajstić information content (AvgIpc) is 2.07. The van der Waals surface area contributed by atoms with Gasteiger partial charge in [0, 0.05) is 11.9 Å². The van der Waals surface area contributed by atoms with Crippen LogP contribution in [0.2, 0.25) is 0 Å². The van der Waals surface area contributed by atoms with Crippen LogP contribution < -0.4 is 5.32 Å². The first-order valence-electron chi connectivity index (χ1n) is 4.19. The van der Waals surface area contributed by atoms with Gasteiger partial charge in [-0.05, 0) is 32.1 Å². The van der Waals surface area contributed by atoms with Gasteiger partial charge in [-0.3, -0.25) is 4.79 Å². The van der Waals surface area contributed by atoms with E-state index < -0.39 is 0 Å². The Bertz CT molecular complexity index is 372. The van der Waals surface area contributed by atoms with Gasteiger partial charge >= 0.3 is 0 Å². The highest BCUT2D eigenvalue weighted by molar-refractivity contribution is 5.88. The predicted molar refractivity (Wildman–Crippen MR) is 54.0 cm³/mol. The van der Waals surface area contributed by atoms with E-state index in [2.05, 4.69) is 10.3 Å². The topological polar surface area (TPSA) is 62.2 Å². The van der Waals surface area contributed by atoms with Crippen molar-refractivity contribution in [2.75, 3.05) is 5.32 Å². The molecule has 0 atom stereocenters. The van der Waals surface area contributed by atoms with E-state index >= 15 is 0 Å². The summed E-state index contributed by atoms with van der Waals surface area (Å²) in [4.78, 5) is 14.6. The minimum absolute atomic E-state index is 0.0505. The number of rotatable bonds is 3. The summed E-state index contributed by atoms with van der Waals surface area (Å²) < 4.78 is 0. The molecule has 0 saturated carbocycles. The van der Waals surface area contributed by atoms with Gasteiger partial charge in [0.1, 0.15) is 0 Å². The summed E-state index contributed by atoms with van der Waals surface area (Å²) in [5.74, 6) is 0.358. The number of anilines is 1. The van der Waals surface area contributed by atoms with Crippen LogP contribution in [-0.2, 0) is 4.79 Å². The molecule has 1 rings (SSSR count). The monoisotopic (exact) mass is 192 g/mol. The van der Waals surface area contributed by atoms with E-state index in [0.717, 1.165) is 0 Å². The van der Waals surface area contributed by atoms with Crippen molar-refractivity contribution >= 4 is 11.6 Å². The van der Waals surface area contributed by atoms with Crippen LogP contribution in [0.25, 0.3) is 0 Å². The first-order chi connectivity index (χ1) is 6.59. The van der Waals surface area contributed by atoms with Crippen molar-refractivity contribution < 1.29 is 9.90 Å². The van der Waals surface area contributed by atoms with E-state index in [1.54, 1.807) is 19.2 Å². The lowest BCUT2D eigenvalue weighted by Crippen LogP contribution is -2.00. The molecule has 1 aromatic rings. The van der Waals surface area contributed by atoms with E-state index in [4.69, 9.17) is 0 Å². The molecule has 0 aliphatic rings. The Morgan fingerprint density at radius 2 is 2.29 bits per heavy atom. The van der Waals surface area contributed by atoms with Gasteiger partial charge in [0.05, 0.1) is 0 Å². The van der Waals surface area contributed by atoms with Crippen LogP contribution in [0.4, 0.5) is 5.82 Å². The quantitative estimate of drug-likeness (QED) is 0.715. The van der Waals surface area contributed by atoms with Gasteiger partial charge in [0.2, 0.25) is 0 Å². The van der Waals surface area contributed by atoms with Gasteiger partial charge in [0.15, 0.2) is 17.4 Å². The molecule has 0 bridgehead atoms. The molecule has 14 heavy (non-hydrogen) atoms. The zero-order chi connectivity index (χ0) is 10.6. The number of hydrogen-bond donors (Lipinski definition) is 2. The second-order valence-corrected chi connectivity index (χ2v) is 2.93. The van der Waals surface area contributed by atoms with E-state index in [1.165, 1.54) is 19.1 Å². The Kier molecular flexibility index (Phi) is 3.23. The van der Waals surface area contributed by atoms with Crippen LogP contribution in [-0.4, -0.2) is 15.9 Å². The summed E-state index contributed by atoms with van der Waals surface area (Å²) in [5.41, 5.74) is 0.645. The Labute approximate surface area is 82.3 Å². The third kappa shape index (κ3) is 2.90. The van der Waals surface area contributed by atoms with Crippen LogP contribution in [0.15, 0.2) is 30.1 Å². The van der Waals surface area contributed by atoms with E-state index in [9.17, 15) is 9.90 Å². The molecule has 0 aliphatic heterocycles. The van der Waals surface area contributed by atoms with E-state index in [0.29, 0.717) is 11.5 Å². The molecule has 0 aromatic carbocycles. The Morgan fingerprint density at radius 1 is 1.57 bits per heavy atom. The van der Waals surface area contributed by atoms with Crippen molar-refractivity contribution in [3.63, 3.8) is 0 Å². The molecule has 0 spiro atoms. The largest absolute Gasteiger partial charge is 0.504 e. The van der Waals surface area contributed by atoms with Crippen LogP contribution >= 0.6 is 0 Å². The zero-order valence-corrected chi connectivity index (χ0v) is 8.11. The molecule has 0 fully saturated rings. The van der Waals surface area contributed by atoms with Gasteiger partial charge in [0.25, 0.3) is 0 Å². The van der Waals surface area contributed by atoms with E-state index in [1.807, 2.05) is 0 Å². The molecule has 2 N–H and O–H groups in total. The van der Waals surface area contributed by atoms with Gasteiger partial charge in [-0.25, -0.2) is 4.98 Å². The number of allylic oxidation sites excluding steroid dienone is 2. The minimum atomic E-state index is -0.0505. The van der Waals surface area contributed by atoms with Crippen molar-refractivity contribution in [3.05, 3.63) is 30.1 Å². The highest BCUT2D eigenvalue weighted by atomic mass is 16.3. The maximum atomic E-state index is 10.7. The van der Waals surface area contributed by atoms with Crippen molar-refractivity contribution in [1.29, 1.82) is 0 Å². The number of pyridine rings is 1. The van der Waals surface area contributed by atoms with Gasteiger partial charge < -0.3 is 10.4 Å². The predicted octanol–water partition coefficient (Wildman–Crippen LogP) is 1.69. The third-order valence-corrected chi connectivity index (χ3v) is 1.52. The number of carbonyl (C=O) groups excluding carboxylic acids is 1. The van der Waals surface area contributed by atoms with Crippen LogP contribution in [0.5, 0.6) is 5.75 Å². The van der Waals surface area contributed by atoms with Crippen molar-refractivity contribution in [1.82, 2.24) is 4.98 Å². The Hall–Kier alpha value is -1.84. The van der Waals surface area contributed by atoms with E-state index in [-0.39, 0.29) is 11.5 Å². The fraction of sp³-hybridized carbons (Fsp3) is 0.200. The van der Waals surface area contributed by atoms with Crippen LogP contribution in [0, 0.1) is 0 Å². The lowest BCUT2D eigenvalue weighted by Gasteiger charge is -2.05. The number of nitrogens with one attached hydrogen (secondary N) is 1.